The SMILES string of the molecule is CCCCCCCCCCCCCCCCC(=O)O[C@H](COC(=O)CCCCCCCCCC(C)C)COP(=O)(O)OC[C@H](O)COP(=O)(O)OC[C@@H](COC(=O)CCCCCCCCCCCCCC(C)C)OC(=O)CCCCCCCCCCCCCCCCCCCCC(C)CC. The molecule has 0 rings (SSSR count). The average molecular weight is 1470 g/mol. The molecule has 0 amide bonds. The fourth-order valence-corrected chi connectivity index (χ4v) is 14.0. The van der Waals surface area contributed by atoms with Crippen molar-refractivity contribution in [2.45, 2.75) is 439 Å². The number of esters is 4. The zero-order chi connectivity index (χ0) is 73.7. The van der Waals surface area contributed by atoms with Crippen LogP contribution in [0.2, 0.25) is 0 Å². The molecular weight excluding hydrogens is 1310 g/mol. The van der Waals surface area contributed by atoms with E-state index in [1.165, 1.54) is 225 Å². The maximum Gasteiger partial charge on any atom is 0.472 e. The van der Waals surface area contributed by atoms with Crippen LogP contribution in [0.15, 0.2) is 0 Å². The van der Waals surface area contributed by atoms with E-state index in [0.717, 1.165) is 108 Å². The minimum atomic E-state index is -4.96. The molecule has 0 aromatic rings. The minimum Gasteiger partial charge on any atom is -0.462 e. The van der Waals surface area contributed by atoms with Crippen molar-refractivity contribution >= 4 is 39.5 Å². The lowest BCUT2D eigenvalue weighted by Gasteiger charge is -2.21. The number of ether oxygens (including phenoxy) is 4. The first-order chi connectivity index (χ1) is 48.3. The van der Waals surface area contributed by atoms with Gasteiger partial charge in [0.05, 0.1) is 26.4 Å². The van der Waals surface area contributed by atoms with E-state index in [-0.39, 0.29) is 25.7 Å². The van der Waals surface area contributed by atoms with Crippen molar-refractivity contribution in [2.24, 2.45) is 17.8 Å². The highest BCUT2D eigenvalue weighted by molar-refractivity contribution is 7.47. The number of aliphatic hydroxyl groups excluding tert-OH is 1. The molecule has 0 radical (unpaired) electrons. The zero-order valence-electron chi connectivity index (χ0n) is 65.7. The summed E-state index contributed by atoms with van der Waals surface area (Å²) in [6, 6.07) is 0. The molecule has 0 aliphatic heterocycles. The highest BCUT2D eigenvalue weighted by Crippen LogP contribution is 2.45. The van der Waals surface area contributed by atoms with Gasteiger partial charge < -0.3 is 33.8 Å². The van der Waals surface area contributed by atoms with Crippen molar-refractivity contribution in [1.82, 2.24) is 0 Å². The fourth-order valence-electron chi connectivity index (χ4n) is 12.5. The summed E-state index contributed by atoms with van der Waals surface area (Å²) in [7, 11) is -9.92. The van der Waals surface area contributed by atoms with Crippen LogP contribution in [0.4, 0.5) is 0 Å². The van der Waals surface area contributed by atoms with Crippen LogP contribution in [0.25, 0.3) is 0 Å². The van der Waals surface area contributed by atoms with Crippen LogP contribution in [0.3, 0.4) is 0 Å². The number of hydrogen-bond acceptors (Lipinski definition) is 15. The third-order valence-electron chi connectivity index (χ3n) is 19.2. The van der Waals surface area contributed by atoms with E-state index in [1.54, 1.807) is 0 Å². The van der Waals surface area contributed by atoms with E-state index < -0.39 is 97.5 Å². The molecule has 6 atom stereocenters. The fraction of sp³-hybridized carbons (Fsp3) is 0.951. The second-order valence-corrected chi connectivity index (χ2v) is 33.3. The van der Waals surface area contributed by atoms with Crippen LogP contribution in [0.1, 0.15) is 421 Å². The van der Waals surface area contributed by atoms with Crippen LogP contribution in [-0.2, 0) is 65.4 Å². The van der Waals surface area contributed by atoms with E-state index in [0.29, 0.717) is 31.6 Å². The lowest BCUT2D eigenvalue weighted by atomic mass is 9.99. The van der Waals surface area contributed by atoms with E-state index in [1.807, 2.05) is 0 Å². The van der Waals surface area contributed by atoms with E-state index in [9.17, 15) is 43.2 Å². The van der Waals surface area contributed by atoms with Gasteiger partial charge in [0, 0.05) is 25.7 Å². The molecule has 100 heavy (non-hydrogen) atoms. The third-order valence-corrected chi connectivity index (χ3v) is 21.1. The molecule has 0 bridgehead atoms. The summed E-state index contributed by atoms with van der Waals surface area (Å²) in [4.78, 5) is 73.0. The van der Waals surface area contributed by atoms with Crippen molar-refractivity contribution in [3.05, 3.63) is 0 Å². The summed E-state index contributed by atoms with van der Waals surface area (Å²) < 4.78 is 68.7. The number of phosphoric acid groups is 2. The lowest BCUT2D eigenvalue weighted by Crippen LogP contribution is -2.30. The molecule has 0 spiro atoms. The largest absolute Gasteiger partial charge is 0.472 e. The van der Waals surface area contributed by atoms with Gasteiger partial charge in [0.25, 0.3) is 0 Å². The Morgan fingerprint density at radius 3 is 0.760 bits per heavy atom. The Balaban J connectivity index is 5.21. The molecule has 0 saturated heterocycles. The molecule has 19 heteroatoms. The van der Waals surface area contributed by atoms with Crippen LogP contribution < -0.4 is 0 Å². The number of hydrogen-bond donors (Lipinski definition) is 3. The maximum atomic E-state index is 13.1. The Morgan fingerprint density at radius 2 is 0.510 bits per heavy atom. The molecule has 0 aromatic carbocycles. The van der Waals surface area contributed by atoms with Gasteiger partial charge in [-0.05, 0) is 43.4 Å². The normalized spacial score (nSPS) is 14.2. The van der Waals surface area contributed by atoms with Crippen LogP contribution in [0, 0.1) is 17.8 Å². The summed E-state index contributed by atoms with van der Waals surface area (Å²) in [5.41, 5.74) is 0. The first-order valence-corrected chi connectivity index (χ1v) is 44.9. The summed E-state index contributed by atoms with van der Waals surface area (Å²) >= 11 is 0. The molecule has 0 saturated carbocycles. The molecule has 3 unspecified atom stereocenters. The number of carbonyl (C=O) groups is 4. The van der Waals surface area contributed by atoms with Crippen molar-refractivity contribution < 1.29 is 80.2 Å². The van der Waals surface area contributed by atoms with Gasteiger partial charge in [-0.2, -0.15) is 0 Å². The standard InChI is InChI=1S/C81H158O17P2/c1-8-10-11-12-13-14-15-16-24-29-35-42-50-57-64-81(86)98-77(69-92-79(84)63-56-49-44-37-39-46-53-60-73(5)6)71-96-100(89,90)94-67-75(82)66-93-99(87,88)95-70-76(68-91-78(83)62-55-48-41-34-31-26-27-32-38-45-52-59-72(3)4)97-80(85)65-58-51-43-36-30-25-22-20-18-17-19-21-23-28-33-40-47-54-61-74(7)9-2/h72-77,82H,8-71H2,1-7H3,(H,87,88)(H,89,90)/t74?,75-,76-,77-/m1/s1. The number of phosphoric ester groups is 2. The van der Waals surface area contributed by atoms with Gasteiger partial charge in [-0.15, -0.1) is 0 Å². The summed E-state index contributed by atoms with van der Waals surface area (Å²) in [5.74, 6) is 0.236. The Labute approximate surface area is 613 Å². The van der Waals surface area contributed by atoms with Crippen LogP contribution in [-0.4, -0.2) is 96.7 Å². The van der Waals surface area contributed by atoms with Gasteiger partial charge >= 0.3 is 39.5 Å². The Hall–Kier alpha value is -1.94. The second-order valence-electron chi connectivity index (χ2n) is 30.4. The van der Waals surface area contributed by atoms with Gasteiger partial charge in [-0.1, -0.05) is 370 Å². The minimum absolute atomic E-state index is 0.107. The molecule has 0 aliphatic rings. The van der Waals surface area contributed by atoms with Crippen molar-refractivity contribution in [2.75, 3.05) is 39.6 Å². The van der Waals surface area contributed by atoms with Gasteiger partial charge in [0.2, 0.25) is 0 Å². The van der Waals surface area contributed by atoms with E-state index in [2.05, 4.69) is 48.5 Å². The molecule has 594 valence electrons. The Bertz CT molecular complexity index is 1940. The first-order valence-electron chi connectivity index (χ1n) is 41.9. The smallest absolute Gasteiger partial charge is 0.462 e. The van der Waals surface area contributed by atoms with Crippen LogP contribution >= 0.6 is 15.6 Å². The van der Waals surface area contributed by atoms with Gasteiger partial charge in [0.1, 0.15) is 19.3 Å². The molecular formula is C81H158O17P2. The topological polar surface area (TPSA) is 237 Å². The second kappa shape index (κ2) is 71.3. The average Bonchev–Trinajstić information content (AvgIpc) is 0.924. The number of aliphatic hydroxyl groups is 1. The van der Waals surface area contributed by atoms with E-state index >= 15 is 0 Å². The zero-order valence-corrected chi connectivity index (χ0v) is 67.5. The maximum absolute atomic E-state index is 13.1. The summed E-state index contributed by atoms with van der Waals surface area (Å²) in [5, 5.41) is 10.6. The highest BCUT2D eigenvalue weighted by atomic mass is 31.2. The Morgan fingerprint density at radius 1 is 0.290 bits per heavy atom. The quantitative estimate of drug-likeness (QED) is 0.0222. The van der Waals surface area contributed by atoms with Crippen molar-refractivity contribution in [1.29, 1.82) is 0 Å². The van der Waals surface area contributed by atoms with Gasteiger partial charge in [0.15, 0.2) is 12.2 Å². The molecule has 0 aliphatic carbocycles. The Kier molecular flexibility index (Phi) is 69.9. The molecule has 17 nitrogen and oxygen atoms in total. The predicted octanol–water partition coefficient (Wildman–Crippen LogP) is 24.1. The van der Waals surface area contributed by atoms with Crippen molar-refractivity contribution in [3.63, 3.8) is 0 Å². The van der Waals surface area contributed by atoms with Crippen LogP contribution in [0.5, 0.6) is 0 Å². The van der Waals surface area contributed by atoms with E-state index in [4.69, 9.17) is 37.0 Å². The highest BCUT2D eigenvalue weighted by Gasteiger charge is 2.30. The predicted molar refractivity (Wildman–Crippen MR) is 409 cm³/mol. The molecule has 0 aromatic heterocycles. The number of rotatable bonds is 79. The summed E-state index contributed by atoms with van der Waals surface area (Å²) in [6.45, 7) is 12.0. The number of unbranched alkanes of at least 4 members (excludes halogenated alkanes) is 46. The third kappa shape index (κ3) is 73.0. The molecule has 3 N–H and O–H groups in total. The molecule has 0 fully saturated rings. The first kappa shape index (κ1) is 98.1. The van der Waals surface area contributed by atoms with Gasteiger partial charge in [-0.25, -0.2) is 9.13 Å². The lowest BCUT2D eigenvalue weighted by molar-refractivity contribution is -0.161. The molecule has 0 heterocycles. The summed E-state index contributed by atoms with van der Waals surface area (Å²) in [6.07, 6.45) is 59.7. The monoisotopic (exact) mass is 1470 g/mol. The van der Waals surface area contributed by atoms with Gasteiger partial charge in [-0.3, -0.25) is 37.3 Å². The number of carbonyl (C=O) groups excluding carboxylic acids is 4. The van der Waals surface area contributed by atoms with Crippen molar-refractivity contribution in [3.8, 4) is 0 Å².